The zero-order valence-corrected chi connectivity index (χ0v) is 15.4. The maximum Gasteiger partial charge on any atom is 0.135 e. The standard InChI is InChI=1S/C21H23N3O3/c1-25-17-6-4-16(5-7-17)19-11-22-20-13-27-21(15-24(19)20)8-9-23(14-21)12-18-3-2-10-26-18/h2-7,10-11H,8-9,12-15H2,1H3/t21-/m0/s1. The van der Waals surface area contributed by atoms with Crippen LogP contribution >= 0.6 is 0 Å². The van der Waals surface area contributed by atoms with Crippen LogP contribution in [0.1, 0.15) is 18.0 Å². The molecule has 1 aromatic carbocycles. The number of likely N-dealkylation sites (tertiary alicyclic amines) is 1. The first kappa shape index (κ1) is 16.6. The van der Waals surface area contributed by atoms with Crippen LogP contribution in [0.3, 0.4) is 0 Å². The lowest BCUT2D eigenvalue weighted by Crippen LogP contribution is -2.44. The summed E-state index contributed by atoms with van der Waals surface area (Å²) in [7, 11) is 1.69. The van der Waals surface area contributed by atoms with Gasteiger partial charge in [-0.3, -0.25) is 4.90 Å². The van der Waals surface area contributed by atoms with E-state index in [1.165, 1.54) is 0 Å². The van der Waals surface area contributed by atoms with Crippen LogP contribution in [0.5, 0.6) is 5.75 Å². The van der Waals surface area contributed by atoms with Gasteiger partial charge in [0.05, 0.1) is 38.4 Å². The highest BCUT2D eigenvalue weighted by Crippen LogP contribution is 2.35. The van der Waals surface area contributed by atoms with Gasteiger partial charge in [-0.15, -0.1) is 0 Å². The van der Waals surface area contributed by atoms with Crippen molar-refractivity contribution in [3.63, 3.8) is 0 Å². The number of benzene rings is 1. The number of methoxy groups -OCH3 is 1. The van der Waals surface area contributed by atoms with Gasteiger partial charge in [0, 0.05) is 18.7 Å². The Hall–Kier alpha value is -2.57. The van der Waals surface area contributed by atoms with E-state index in [2.05, 4.69) is 26.6 Å². The lowest BCUT2D eigenvalue weighted by Gasteiger charge is -2.35. The molecular formula is C21H23N3O3. The lowest BCUT2D eigenvalue weighted by molar-refractivity contribution is -0.0823. The summed E-state index contributed by atoms with van der Waals surface area (Å²) in [6.45, 7) is 4.15. The molecule has 0 saturated carbocycles. The molecule has 140 valence electrons. The van der Waals surface area contributed by atoms with Gasteiger partial charge >= 0.3 is 0 Å². The zero-order valence-electron chi connectivity index (χ0n) is 15.4. The number of nitrogens with zero attached hydrogens (tertiary/aromatic N) is 3. The van der Waals surface area contributed by atoms with Crippen LogP contribution in [0.25, 0.3) is 11.3 Å². The summed E-state index contributed by atoms with van der Waals surface area (Å²) >= 11 is 0. The molecule has 1 spiro atoms. The minimum absolute atomic E-state index is 0.151. The fourth-order valence-electron chi connectivity index (χ4n) is 4.18. The topological polar surface area (TPSA) is 52.7 Å². The molecule has 0 amide bonds. The number of aromatic nitrogens is 2. The number of ether oxygens (including phenoxy) is 2. The molecule has 2 aromatic heterocycles. The van der Waals surface area contributed by atoms with Gasteiger partial charge in [0.25, 0.3) is 0 Å². The maximum absolute atomic E-state index is 6.31. The van der Waals surface area contributed by atoms with Crippen molar-refractivity contribution in [2.45, 2.75) is 31.7 Å². The molecule has 0 bridgehead atoms. The van der Waals surface area contributed by atoms with Crippen molar-refractivity contribution >= 4 is 0 Å². The lowest BCUT2D eigenvalue weighted by atomic mass is 10.0. The molecule has 0 radical (unpaired) electrons. The molecule has 4 heterocycles. The van der Waals surface area contributed by atoms with Gasteiger partial charge in [0.15, 0.2) is 0 Å². The largest absolute Gasteiger partial charge is 0.497 e. The van der Waals surface area contributed by atoms with Crippen LogP contribution in [-0.4, -0.2) is 40.3 Å². The molecule has 27 heavy (non-hydrogen) atoms. The van der Waals surface area contributed by atoms with Crippen LogP contribution < -0.4 is 4.74 Å². The monoisotopic (exact) mass is 365 g/mol. The Kier molecular flexibility index (Phi) is 4.02. The summed E-state index contributed by atoms with van der Waals surface area (Å²) in [5.74, 6) is 2.86. The third-order valence-corrected chi connectivity index (χ3v) is 5.63. The van der Waals surface area contributed by atoms with Crippen molar-refractivity contribution in [3.8, 4) is 17.0 Å². The zero-order chi connectivity index (χ0) is 18.3. The molecule has 6 heteroatoms. The maximum atomic E-state index is 6.31. The van der Waals surface area contributed by atoms with E-state index < -0.39 is 0 Å². The molecule has 5 rings (SSSR count). The molecule has 0 unspecified atom stereocenters. The summed E-state index contributed by atoms with van der Waals surface area (Å²) in [5, 5.41) is 0. The smallest absolute Gasteiger partial charge is 0.135 e. The van der Waals surface area contributed by atoms with Crippen molar-refractivity contribution in [1.82, 2.24) is 14.5 Å². The van der Waals surface area contributed by atoms with Crippen LogP contribution in [0.4, 0.5) is 0 Å². The van der Waals surface area contributed by atoms with Gasteiger partial charge in [0.1, 0.15) is 29.5 Å². The highest BCUT2D eigenvalue weighted by atomic mass is 16.5. The van der Waals surface area contributed by atoms with Crippen molar-refractivity contribution in [3.05, 3.63) is 60.4 Å². The Bertz CT molecular complexity index is 917. The SMILES string of the molecule is COc1ccc(-c2cnc3n2C[C@@]2(CCN(Cc4ccco4)C2)OC3)cc1. The average molecular weight is 365 g/mol. The van der Waals surface area contributed by atoms with Crippen molar-refractivity contribution in [2.24, 2.45) is 0 Å². The summed E-state index contributed by atoms with van der Waals surface area (Å²) in [4.78, 5) is 7.00. The summed E-state index contributed by atoms with van der Waals surface area (Å²) in [5.41, 5.74) is 2.14. The Balaban J connectivity index is 1.37. The van der Waals surface area contributed by atoms with E-state index >= 15 is 0 Å². The number of fused-ring (bicyclic) bond motifs is 1. The number of furan rings is 1. The van der Waals surface area contributed by atoms with Gasteiger partial charge < -0.3 is 18.5 Å². The van der Waals surface area contributed by atoms with Crippen LogP contribution in [0.15, 0.2) is 53.3 Å². The molecule has 0 N–H and O–H groups in total. The Labute approximate surface area is 158 Å². The fourth-order valence-corrected chi connectivity index (χ4v) is 4.18. The number of imidazole rings is 1. The molecule has 1 saturated heterocycles. The summed E-state index contributed by atoms with van der Waals surface area (Å²) in [6.07, 6.45) is 4.71. The second kappa shape index (κ2) is 6.55. The number of rotatable bonds is 4. The van der Waals surface area contributed by atoms with Gasteiger partial charge in [-0.1, -0.05) is 0 Å². The second-order valence-corrected chi connectivity index (χ2v) is 7.39. The van der Waals surface area contributed by atoms with Crippen molar-refractivity contribution in [2.75, 3.05) is 20.2 Å². The summed E-state index contributed by atoms with van der Waals surface area (Å²) < 4.78 is 19.4. The Morgan fingerprint density at radius 1 is 1.19 bits per heavy atom. The minimum atomic E-state index is -0.151. The highest BCUT2D eigenvalue weighted by molar-refractivity contribution is 5.60. The first-order chi connectivity index (χ1) is 13.2. The van der Waals surface area contributed by atoms with Crippen LogP contribution in [0.2, 0.25) is 0 Å². The summed E-state index contributed by atoms with van der Waals surface area (Å²) in [6, 6.07) is 12.1. The van der Waals surface area contributed by atoms with E-state index in [0.29, 0.717) is 6.61 Å². The van der Waals surface area contributed by atoms with E-state index in [4.69, 9.17) is 13.9 Å². The second-order valence-electron chi connectivity index (χ2n) is 7.39. The molecule has 0 aliphatic carbocycles. The third-order valence-electron chi connectivity index (χ3n) is 5.63. The fraction of sp³-hybridized carbons (Fsp3) is 0.381. The number of hydrogen-bond acceptors (Lipinski definition) is 5. The predicted molar refractivity (Wildman–Crippen MR) is 100 cm³/mol. The minimum Gasteiger partial charge on any atom is -0.497 e. The number of hydrogen-bond donors (Lipinski definition) is 0. The molecule has 2 aliphatic heterocycles. The highest BCUT2D eigenvalue weighted by Gasteiger charge is 2.43. The van der Waals surface area contributed by atoms with Gasteiger partial charge in [-0.2, -0.15) is 0 Å². The van der Waals surface area contributed by atoms with E-state index in [-0.39, 0.29) is 5.60 Å². The quantitative estimate of drug-likeness (QED) is 0.710. The van der Waals surface area contributed by atoms with Crippen molar-refractivity contribution in [1.29, 1.82) is 0 Å². The van der Waals surface area contributed by atoms with Crippen LogP contribution in [0, 0.1) is 0 Å². The van der Waals surface area contributed by atoms with E-state index in [1.54, 1.807) is 13.4 Å². The Morgan fingerprint density at radius 3 is 2.85 bits per heavy atom. The van der Waals surface area contributed by atoms with Gasteiger partial charge in [0.2, 0.25) is 0 Å². The third kappa shape index (κ3) is 3.05. The first-order valence-corrected chi connectivity index (χ1v) is 9.32. The molecule has 6 nitrogen and oxygen atoms in total. The first-order valence-electron chi connectivity index (χ1n) is 9.32. The van der Waals surface area contributed by atoms with E-state index in [1.807, 2.05) is 30.5 Å². The van der Waals surface area contributed by atoms with Gasteiger partial charge in [-0.25, -0.2) is 4.98 Å². The predicted octanol–water partition coefficient (Wildman–Crippen LogP) is 3.33. The molecule has 1 atom stereocenters. The van der Waals surface area contributed by atoms with Gasteiger partial charge in [-0.05, 0) is 42.8 Å². The molecule has 3 aromatic rings. The Morgan fingerprint density at radius 2 is 2.07 bits per heavy atom. The molecule has 1 fully saturated rings. The normalized spacial score (nSPS) is 22.3. The molecular weight excluding hydrogens is 342 g/mol. The van der Waals surface area contributed by atoms with E-state index in [9.17, 15) is 0 Å². The van der Waals surface area contributed by atoms with Crippen molar-refractivity contribution < 1.29 is 13.9 Å². The molecule has 2 aliphatic rings. The van der Waals surface area contributed by atoms with E-state index in [0.717, 1.165) is 61.2 Å². The van der Waals surface area contributed by atoms with Crippen LogP contribution in [-0.2, 0) is 24.4 Å². The average Bonchev–Trinajstić information content (AvgIpc) is 3.43.